The second-order valence-corrected chi connectivity index (χ2v) is 6.40. The molecule has 0 aromatic carbocycles. The molecule has 2 N–H and O–H groups in total. The van der Waals surface area contributed by atoms with Crippen LogP contribution in [-0.4, -0.2) is 30.6 Å². The molecule has 0 aliphatic heterocycles. The second kappa shape index (κ2) is 18.6. The highest BCUT2D eigenvalue weighted by Crippen LogP contribution is 2.12. The zero-order valence-electron chi connectivity index (χ0n) is 14.9. The number of rotatable bonds is 18. The molecule has 132 valence electrons. The Morgan fingerprint density at radius 3 is 1.77 bits per heavy atom. The van der Waals surface area contributed by atoms with Gasteiger partial charge in [0.1, 0.15) is 5.78 Å². The number of Topliss-reactive ketones (excluding diaryl/α,β-unsaturated/α-hetero) is 1. The van der Waals surface area contributed by atoms with Crippen molar-refractivity contribution in [1.29, 1.82) is 0 Å². The van der Waals surface area contributed by atoms with Crippen molar-refractivity contribution >= 4 is 5.78 Å². The van der Waals surface area contributed by atoms with Gasteiger partial charge in [-0.3, -0.25) is 4.79 Å². The van der Waals surface area contributed by atoms with Crippen molar-refractivity contribution in [2.24, 2.45) is 0 Å². The lowest BCUT2D eigenvalue weighted by Gasteiger charge is -2.04. The molecule has 0 saturated heterocycles. The quantitative estimate of drug-likeness (QED) is 0.363. The summed E-state index contributed by atoms with van der Waals surface area (Å²) < 4.78 is 0. The molecule has 22 heavy (non-hydrogen) atoms. The molecule has 0 radical (unpaired) electrons. The Bertz CT molecular complexity index is 231. The molecule has 0 unspecified atom stereocenters. The van der Waals surface area contributed by atoms with Crippen LogP contribution < -0.4 is 5.32 Å². The van der Waals surface area contributed by atoms with E-state index in [0.29, 0.717) is 18.7 Å². The lowest BCUT2D eigenvalue weighted by atomic mass is 10.0. The van der Waals surface area contributed by atoms with E-state index < -0.39 is 0 Å². The summed E-state index contributed by atoms with van der Waals surface area (Å²) in [5, 5.41) is 11.7. The maximum atomic E-state index is 11.7. The topological polar surface area (TPSA) is 49.3 Å². The summed E-state index contributed by atoms with van der Waals surface area (Å²) in [4.78, 5) is 11.7. The van der Waals surface area contributed by atoms with E-state index in [2.05, 4.69) is 12.2 Å². The number of ketones is 1. The summed E-state index contributed by atoms with van der Waals surface area (Å²) in [5.41, 5.74) is 0. The first-order valence-electron chi connectivity index (χ1n) is 9.64. The Labute approximate surface area is 138 Å². The first kappa shape index (κ1) is 21.6. The summed E-state index contributed by atoms with van der Waals surface area (Å²) in [7, 11) is 0. The van der Waals surface area contributed by atoms with Gasteiger partial charge in [0.25, 0.3) is 0 Å². The predicted molar refractivity (Wildman–Crippen MR) is 95.3 cm³/mol. The van der Waals surface area contributed by atoms with Gasteiger partial charge >= 0.3 is 0 Å². The van der Waals surface area contributed by atoms with E-state index in [0.717, 1.165) is 25.8 Å². The van der Waals surface area contributed by atoms with Gasteiger partial charge in [-0.1, -0.05) is 71.1 Å². The van der Waals surface area contributed by atoms with Crippen molar-refractivity contribution in [3.05, 3.63) is 0 Å². The van der Waals surface area contributed by atoms with Gasteiger partial charge in [0.15, 0.2) is 0 Å². The van der Waals surface area contributed by atoms with Gasteiger partial charge in [0, 0.05) is 19.4 Å². The number of unbranched alkanes of at least 4 members (excludes halogenated alkanes) is 10. The van der Waals surface area contributed by atoms with Gasteiger partial charge in [-0.25, -0.2) is 0 Å². The number of aliphatic hydroxyl groups is 1. The zero-order chi connectivity index (χ0) is 16.3. The number of hydrogen-bond donors (Lipinski definition) is 2. The van der Waals surface area contributed by atoms with Crippen LogP contribution in [0.3, 0.4) is 0 Å². The van der Waals surface area contributed by atoms with E-state index in [1.54, 1.807) is 0 Å². The van der Waals surface area contributed by atoms with Crippen molar-refractivity contribution in [3.8, 4) is 0 Å². The molecule has 0 fully saturated rings. The van der Waals surface area contributed by atoms with Crippen LogP contribution in [0, 0.1) is 0 Å². The molecule has 0 rings (SSSR count). The third-order valence-electron chi connectivity index (χ3n) is 4.16. The van der Waals surface area contributed by atoms with Crippen LogP contribution in [0.5, 0.6) is 0 Å². The summed E-state index contributed by atoms with van der Waals surface area (Å²) in [6, 6.07) is 0. The minimum absolute atomic E-state index is 0.173. The Morgan fingerprint density at radius 1 is 0.727 bits per heavy atom. The molecule has 3 nitrogen and oxygen atoms in total. The van der Waals surface area contributed by atoms with Gasteiger partial charge < -0.3 is 10.4 Å². The monoisotopic (exact) mass is 313 g/mol. The van der Waals surface area contributed by atoms with Crippen LogP contribution in [0.1, 0.15) is 96.8 Å². The Morgan fingerprint density at radius 2 is 1.23 bits per heavy atom. The van der Waals surface area contributed by atoms with Crippen LogP contribution in [0.25, 0.3) is 0 Å². The first-order chi connectivity index (χ1) is 10.8. The van der Waals surface area contributed by atoms with Crippen LogP contribution in [0.4, 0.5) is 0 Å². The Balaban J connectivity index is 3.10. The van der Waals surface area contributed by atoms with E-state index >= 15 is 0 Å². The maximum absolute atomic E-state index is 11.7. The molecule has 0 aromatic heterocycles. The predicted octanol–water partition coefficient (Wildman–Crippen LogP) is 4.62. The van der Waals surface area contributed by atoms with E-state index in [-0.39, 0.29) is 6.61 Å². The smallest absolute Gasteiger partial charge is 0.132 e. The molecule has 0 atom stereocenters. The number of nitrogens with one attached hydrogen (secondary N) is 1. The normalized spacial score (nSPS) is 11.0. The van der Waals surface area contributed by atoms with Crippen LogP contribution in [0.15, 0.2) is 0 Å². The van der Waals surface area contributed by atoms with Gasteiger partial charge in [0.2, 0.25) is 0 Å². The maximum Gasteiger partial charge on any atom is 0.132 e. The number of carbonyl (C=O) groups is 1. The molecule has 0 aromatic rings. The number of hydrogen-bond acceptors (Lipinski definition) is 3. The SMILES string of the molecule is CCCCCCCCCCCCCC(=O)CCCNCCO. The average Bonchev–Trinajstić information content (AvgIpc) is 2.52. The van der Waals surface area contributed by atoms with Crippen LogP contribution >= 0.6 is 0 Å². The van der Waals surface area contributed by atoms with Crippen molar-refractivity contribution in [2.75, 3.05) is 19.7 Å². The summed E-state index contributed by atoms with van der Waals surface area (Å²) in [5.74, 6) is 0.404. The first-order valence-corrected chi connectivity index (χ1v) is 9.64. The fourth-order valence-electron chi connectivity index (χ4n) is 2.73. The molecule has 0 heterocycles. The van der Waals surface area contributed by atoms with Crippen molar-refractivity contribution in [3.63, 3.8) is 0 Å². The van der Waals surface area contributed by atoms with E-state index in [9.17, 15) is 4.79 Å². The minimum atomic E-state index is 0.173. The highest BCUT2D eigenvalue weighted by atomic mass is 16.3. The fourth-order valence-corrected chi connectivity index (χ4v) is 2.73. The average molecular weight is 314 g/mol. The molecule has 0 bridgehead atoms. The molecule has 0 aliphatic rings. The van der Waals surface area contributed by atoms with Crippen molar-refractivity contribution in [1.82, 2.24) is 5.32 Å². The van der Waals surface area contributed by atoms with Gasteiger partial charge in [-0.2, -0.15) is 0 Å². The van der Waals surface area contributed by atoms with E-state index in [1.165, 1.54) is 64.2 Å². The largest absolute Gasteiger partial charge is 0.395 e. The highest BCUT2D eigenvalue weighted by Gasteiger charge is 2.01. The van der Waals surface area contributed by atoms with E-state index in [1.807, 2.05) is 0 Å². The van der Waals surface area contributed by atoms with Gasteiger partial charge in [-0.05, 0) is 19.4 Å². The molecule has 0 aliphatic carbocycles. The lowest BCUT2D eigenvalue weighted by molar-refractivity contribution is -0.119. The zero-order valence-corrected chi connectivity index (χ0v) is 14.9. The third-order valence-corrected chi connectivity index (χ3v) is 4.16. The summed E-state index contributed by atoms with van der Waals surface area (Å²) in [6.45, 7) is 3.91. The molecule has 0 spiro atoms. The Kier molecular flexibility index (Phi) is 18.3. The van der Waals surface area contributed by atoms with Crippen molar-refractivity contribution in [2.45, 2.75) is 96.8 Å². The highest BCUT2D eigenvalue weighted by molar-refractivity contribution is 5.78. The molecular weight excluding hydrogens is 274 g/mol. The fraction of sp³-hybridized carbons (Fsp3) is 0.947. The van der Waals surface area contributed by atoms with Crippen molar-refractivity contribution < 1.29 is 9.90 Å². The molecule has 0 saturated carbocycles. The molecule has 3 heteroatoms. The second-order valence-electron chi connectivity index (χ2n) is 6.40. The Hall–Kier alpha value is -0.410. The van der Waals surface area contributed by atoms with Gasteiger partial charge in [0.05, 0.1) is 6.61 Å². The van der Waals surface area contributed by atoms with Crippen LogP contribution in [0.2, 0.25) is 0 Å². The van der Waals surface area contributed by atoms with Gasteiger partial charge in [-0.15, -0.1) is 0 Å². The number of aliphatic hydroxyl groups excluding tert-OH is 1. The molecule has 0 amide bonds. The van der Waals surface area contributed by atoms with Crippen LogP contribution in [-0.2, 0) is 4.79 Å². The summed E-state index contributed by atoms with van der Waals surface area (Å²) in [6.07, 6.45) is 17.0. The number of carbonyl (C=O) groups excluding carboxylic acids is 1. The minimum Gasteiger partial charge on any atom is -0.395 e. The summed E-state index contributed by atoms with van der Waals surface area (Å²) >= 11 is 0. The lowest BCUT2D eigenvalue weighted by Crippen LogP contribution is -2.19. The van der Waals surface area contributed by atoms with E-state index in [4.69, 9.17) is 5.11 Å². The third kappa shape index (κ3) is 17.6. The molecular formula is C19H39NO2. The standard InChI is InChI=1S/C19H39NO2/c1-2-3-4-5-6-7-8-9-10-11-12-14-19(22)15-13-16-20-17-18-21/h20-21H,2-18H2,1H3.